The van der Waals surface area contributed by atoms with Crippen molar-refractivity contribution in [3.8, 4) is 6.07 Å². The molecule has 1 fully saturated rings. The van der Waals surface area contributed by atoms with Crippen molar-refractivity contribution in [2.45, 2.75) is 39.5 Å². The largest absolute Gasteiger partial charge is 0.302 e. The molecule has 1 aliphatic rings. The van der Waals surface area contributed by atoms with Gasteiger partial charge in [0.25, 0.3) is 0 Å². The third-order valence-corrected chi connectivity index (χ3v) is 3.27. The Morgan fingerprint density at radius 1 is 1.43 bits per heavy atom. The average molecular weight is 194 g/mol. The van der Waals surface area contributed by atoms with E-state index in [0.717, 1.165) is 12.5 Å². The molecule has 1 aliphatic heterocycles. The molecular weight excluding hydrogens is 172 g/mol. The summed E-state index contributed by atoms with van der Waals surface area (Å²) in [6.45, 7) is 7.67. The Hall–Kier alpha value is -0.550. The summed E-state index contributed by atoms with van der Waals surface area (Å²) in [4.78, 5) is 2.46. The van der Waals surface area contributed by atoms with Crippen LogP contribution in [-0.2, 0) is 0 Å². The van der Waals surface area contributed by atoms with Gasteiger partial charge in [-0.1, -0.05) is 13.3 Å². The topological polar surface area (TPSA) is 27.0 Å². The van der Waals surface area contributed by atoms with Crippen LogP contribution in [0.1, 0.15) is 39.5 Å². The average Bonchev–Trinajstić information content (AvgIpc) is 2.43. The summed E-state index contributed by atoms with van der Waals surface area (Å²) in [6.07, 6.45) is 5.35. The molecule has 2 unspecified atom stereocenters. The molecule has 2 heteroatoms. The highest BCUT2D eigenvalue weighted by Gasteiger charge is 2.16. The lowest BCUT2D eigenvalue weighted by Gasteiger charge is -2.20. The van der Waals surface area contributed by atoms with E-state index >= 15 is 0 Å². The van der Waals surface area contributed by atoms with E-state index in [-0.39, 0.29) is 5.92 Å². The predicted octanol–water partition coefficient (Wildman–Crippen LogP) is 2.66. The molecule has 0 aromatic rings. The standard InChI is InChI=1S/C12H22N2/c1-3-12-5-4-7-14(8-6-12)10-11(2)9-13/h11-12H,3-8,10H2,1-2H3. The quantitative estimate of drug-likeness (QED) is 0.690. The van der Waals surface area contributed by atoms with Crippen LogP contribution in [0, 0.1) is 23.2 Å². The van der Waals surface area contributed by atoms with Crippen LogP contribution in [0.2, 0.25) is 0 Å². The number of hydrogen-bond acceptors (Lipinski definition) is 2. The second-order valence-corrected chi connectivity index (χ2v) is 4.54. The van der Waals surface area contributed by atoms with Crippen molar-refractivity contribution in [2.75, 3.05) is 19.6 Å². The lowest BCUT2D eigenvalue weighted by Crippen LogP contribution is -2.29. The molecule has 0 spiro atoms. The van der Waals surface area contributed by atoms with Crippen LogP contribution in [0.3, 0.4) is 0 Å². The van der Waals surface area contributed by atoms with Gasteiger partial charge >= 0.3 is 0 Å². The summed E-state index contributed by atoms with van der Waals surface area (Å²) in [5.41, 5.74) is 0. The zero-order valence-electron chi connectivity index (χ0n) is 9.50. The Morgan fingerprint density at radius 2 is 2.21 bits per heavy atom. The highest BCUT2D eigenvalue weighted by Crippen LogP contribution is 2.20. The maximum absolute atomic E-state index is 8.76. The van der Waals surface area contributed by atoms with Gasteiger partial charge in [0.15, 0.2) is 0 Å². The summed E-state index contributed by atoms with van der Waals surface area (Å²) in [7, 11) is 0. The second kappa shape index (κ2) is 6.03. The molecule has 0 aromatic carbocycles. The van der Waals surface area contributed by atoms with E-state index in [1.165, 1.54) is 38.8 Å². The second-order valence-electron chi connectivity index (χ2n) is 4.54. The molecule has 80 valence electrons. The van der Waals surface area contributed by atoms with Gasteiger partial charge in [0.1, 0.15) is 0 Å². The molecule has 0 bridgehead atoms. The Morgan fingerprint density at radius 3 is 2.86 bits per heavy atom. The maximum atomic E-state index is 8.76. The third kappa shape index (κ3) is 3.67. The molecule has 1 heterocycles. The van der Waals surface area contributed by atoms with E-state index in [1.807, 2.05) is 6.92 Å². The van der Waals surface area contributed by atoms with Crippen molar-refractivity contribution in [3.63, 3.8) is 0 Å². The number of rotatable bonds is 3. The fraction of sp³-hybridized carbons (Fsp3) is 0.917. The molecule has 1 saturated heterocycles. The highest BCUT2D eigenvalue weighted by atomic mass is 15.1. The Labute approximate surface area is 87.9 Å². The molecule has 0 amide bonds. The first kappa shape index (κ1) is 11.5. The van der Waals surface area contributed by atoms with Crippen molar-refractivity contribution in [2.24, 2.45) is 11.8 Å². The summed E-state index contributed by atoms with van der Waals surface area (Å²) in [6, 6.07) is 2.32. The Kier molecular flexibility index (Phi) is 4.97. The summed E-state index contributed by atoms with van der Waals surface area (Å²) in [5, 5.41) is 8.76. The summed E-state index contributed by atoms with van der Waals surface area (Å²) < 4.78 is 0. The van der Waals surface area contributed by atoms with Crippen LogP contribution >= 0.6 is 0 Å². The first-order valence-corrected chi connectivity index (χ1v) is 5.88. The van der Waals surface area contributed by atoms with E-state index in [1.54, 1.807) is 0 Å². The molecule has 0 aliphatic carbocycles. The molecule has 1 rings (SSSR count). The zero-order valence-corrected chi connectivity index (χ0v) is 9.50. The molecule has 14 heavy (non-hydrogen) atoms. The van der Waals surface area contributed by atoms with Gasteiger partial charge in [-0.15, -0.1) is 0 Å². The Balaban J connectivity index is 2.31. The minimum Gasteiger partial charge on any atom is -0.302 e. The lowest BCUT2D eigenvalue weighted by atomic mass is 9.98. The normalized spacial score (nSPS) is 26.5. The van der Waals surface area contributed by atoms with Crippen molar-refractivity contribution in [3.05, 3.63) is 0 Å². The number of hydrogen-bond donors (Lipinski definition) is 0. The van der Waals surface area contributed by atoms with E-state index in [2.05, 4.69) is 17.9 Å². The van der Waals surface area contributed by atoms with Crippen LogP contribution < -0.4 is 0 Å². The monoisotopic (exact) mass is 194 g/mol. The molecule has 0 radical (unpaired) electrons. The zero-order chi connectivity index (χ0) is 10.4. The van der Waals surface area contributed by atoms with Gasteiger partial charge in [0.2, 0.25) is 0 Å². The van der Waals surface area contributed by atoms with Crippen molar-refractivity contribution >= 4 is 0 Å². The fourth-order valence-electron chi connectivity index (χ4n) is 2.24. The summed E-state index contributed by atoms with van der Waals surface area (Å²) >= 11 is 0. The van der Waals surface area contributed by atoms with Crippen molar-refractivity contribution < 1.29 is 0 Å². The van der Waals surface area contributed by atoms with Gasteiger partial charge in [-0.3, -0.25) is 0 Å². The molecule has 0 aromatic heterocycles. The van der Waals surface area contributed by atoms with E-state index in [9.17, 15) is 0 Å². The van der Waals surface area contributed by atoms with Gasteiger partial charge in [-0.2, -0.15) is 5.26 Å². The molecular formula is C12H22N2. The third-order valence-electron chi connectivity index (χ3n) is 3.27. The van der Waals surface area contributed by atoms with Gasteiger partial charge in [0.05, 0.1) is 12.0 Å². The van der Waals surface area contributed by atoms with Gasteiger partial charge in [-0.25, -0.2) is 0 Å². The molecule has 2 atom stereocenters. The van der Waals surface area contributed by atoms with Crippen LogP contribution in [0.4, 0.5) is 0 Å². The minimum absolute atomic E-state index is 0.188. The van der Waals surface area contributed by atoms with Crippen LogP contribution in [0.25, 0.3) is 0 Å². The fourth-order valence-corrected chi connectivity index (χ4v) is 2.24. The van der Waals surface area contributed by atoms with E-state index in [4.69, 9.17) is 5.26 Å². The first-order chi connectivity index (χ1) is 6.76. The van der Waals surface area contributed by atoms with Crippen molar-refractivity contribution in [1.82, 2.24) is 4.90 Å². The molecule has 0 saturated carbocycles. The number of nitrogens with zero attached hydrogens (tertiary/aromatic N) is 2. The lowest BCUT2D eigenvalue weighted by molar-refractivity contribution is 0.261. The van der Waals surface area contributed by atoms with Crippen LogP contribution in [-0.4, -0.2) is 24.5 Å². The maximum Gasteiger partial charge on any atom is 0.0666 e. The summed E-state index contributed by atoms with van der Waals surface area (Å²) in [5.74, 6) is 1.12. The highest BCUT2D eigenvalue weighted by molar-refractivity contribution is 4.82. The van der Waals surface area contributed by atoms with Gasteiger partial charge < -0.3 is 4.90 Å². The number of likely N-dealkylation sites (tertiary alicyclic amines) is 1. The minimum atomic E-state index is 0.188. The van der Waals surface area contributed by atoms with E-state index in [0.29, 0.717) is 0 Å². The first-order valence-electron chi connectivity index (χ1n) is 5.88. The smallest absolute Gasteiger partial charge is 0.0666 e. The molecule has 2 nitrogen and oxygen atoms in total. The predicted molar refractivity (Wildman–Crippen MR) is 58.8 cm³/mol. The molecule has 0 N–H and O–H groups in total. The SMILES string of the molecule is CCC1CCCN(CC(C)C#N)CC1. The van der Waals surface area contributed by atoms with Gasteiger partial charge in [-0.05, 0) is 45.2 Å². The van der Waals surface area contributed by atoms with Crippen molar-refractivity contribution in [1.29, 1.82) is 5.26 Å². The van der Waals surface area contributed by atoms with Gasteiger partial charge in [0, 0.05) is 6.54 Å². The van der Waals surface area contributed by atoms with Crippen LogP contribution in [0.5, 0.6) is 0 Å². The van der Waals surface area contributed by atoms with Crippen LogP contribution in [0.15, 0.2) is 0 Å². The Bertz CT molecular complexity index is 195. The number of nitriles is 1. The van der Waals surface area contributed by atoms with E-state index < -0.39 is 0 Å².